The summed E-state index contributed by atoms with van der Waals surface area (Å²) >= 11 is 1.44. The molecule has 0 saturated carbocycles. The lowest BCUT2D eigenvalue weighted by atomic mass is 10.3. The molecule has 0 unspecified atom stereocenters. The van der Waals surface area contributed by atoms with Crippen molar-refractivity contribution in [2.45, 2.75) is 30.7 Å². The first-order valence-corrected chi connectivity index (χ1v) is 7.88. The fourth-order valence-electron chi connectivity index (χ4n) is 2.09. The number of pyridine rings is 1. The highest BCUT2D eigenvalue weighted by atomic mass is 32.2. The van der Waals surface area contributed by atoms with Crippen LogP contribution < -0.4 is 5.32 Å². The second kappa shape index (κ2) is 6.23. The lowest BCUT2D eigenvalue weighted by Gasteiger charge is -2.12. The van der Waals surface area contributed by atoms with Gasteiger partial charge in [0.2, 0.25) is 5.91 Å². The number of carbonyl (C=O) groups is 1. The number of thioether (sulfide) groups is 1. The number of amides is 1. The monoisotopic (exact) mass is 316 g/mol. The van der Waals surface area contributed by atoms with Crippen LogP contribution in [0.2, 0.25) is 0 Å². The number of fused-ring (bicyclic) bond motifs is 1. The first-order valence-electron chi connectivity index (χ1n) is 7.00. The van der Waals surface area contributed by atoms with Crippen LogP contribution in [0.15, 0.2) is 46.3 Å². The standard InChI is InChI=1S/C15H16N4O2S/c1-3-12(14(20)17-13-8-10(2)21-18-13)22-15-16-9-11-6-4-5-7-19(11)15/h4-9,12H,3H2,1-2H3,(H,17,18,20)/t12-/m1/s1. The maximum atomic E-state index is 12.4. The summed E-state index contributed by atoms with van der Waals surface area (Å²) in [5.41, 5.74) is 1.01. The molecule has 0 radical (unpaired) electrons. The van der Waals surface area contributed by atoms with Crippen LogP contribution in [0.4, 0.5) is 5.82 Å². The third-order valence-electron chi connectivity index (χ3n) is 3.19. The fourth-order valence-corrected chi connectivity index (χ4v) is 3.07. The Balaban J connectivity index is 1.75. The molecule has 3 aromatic rings. The van der Waals surface area contributed by atoms with Crippen molar-refractivity contribution in [2.75, 3.05) is 5.32 Å². The van der Waals surface area contributed by atoms with E-state index in [-0.39, 0.29) is 11.2 Å². The van der Waals surface area contributed by atoms with Gasteiger partial charge in [0.25, 0.3) is 0 Å². The van der Waals surface area contributed by atoms with Gasteiger partial charge in [-0.25, -0.2) is 4.98 Å². The van der Waals surface area contributed by atoms with Gasteiger partial charge in [0.05, 0.1) is 17.0 Å². The second-order valence-electron chi connectivity index (χ2n) is 4.86. The van der Waals surface area contributed by atoms with Gasteiger partial charge in [-0.3, -0.25) is 9.20 Å². The van der Waals surface area contributed by atoms with Gasteiger partial charge in [0.1, 0.15) is 5.76 Å². The highest BCUT2D eigenvalue weighted by Crippen LogP contribution is 2.26. The molecule has 0 aliphatic heterocycles. The van der Waals surface area contributed by atoms with Crippen LogP contribution in [0.25, 0.3) is 5.52 Å². The zero-order valence-electron chi connectivity index (χ0n) is 12.3. The Hall–Kier alpha value is -2.28. The van der Waals surface area contributed by atoms with E-state index in [4.69, 9.17) is 4.52 Å². The van der Waals surface area contributed by atoms with E-state index in [0.717, 1.165) is 10.7 Å². The number of carbonyl (C=O) groups excluding carboxylic acids is 1. The quantitative estimate of drug-likeness (QED) is 0.732. The summed E-state index contributed by atoms with van der Waals surface area (Å²) in [7, 11) is 0. The van der Waals surface area contributed by atoms with E-state index < -0.39 is 0 Å². The zero-order valence-corrected chi connectivity index (χ0v) is 13.1. The molecule has 0 bridgehead atoms. The third-order valence-corrected chi connectivity index (χ3v) is 4.54. The minimum absolute atomic E-state index is 0.103. The molecular formula is C15H16N4O2S. The summed E-state index contributed by atoms with van der Waals surface area (Å²) in [5, 5.41) is 7.11. The molecule has 6 nitrogen and oxygen atoms in total. The minimum Gasteiger partial charge on any atom is -0.360 e. The lowest BCUT2D eigenvalue weighted by Crippen LogP contribution is -2.25. The molecule has 1 amide bonds. The van der Waals surface area contributed by atoms with E-state index in [1.807, 2.05) is 35.7 Å². The number of aromatic nitrogens is 3. The van der Waals surface area contributed by atoms with Crippen molar-refractivity contribution in [1.82, 2.24) is 14.5 Å². The second-order valence-corrected chi connectivity index (χ2v) is 6.03. The topological polar surface area (TPSA) is 72.4 Å². The lowest BCUT2D eigenvalue weighted by molar-refractivity contribution is -0.115. The van der Waals surface area contributed by atoms with Crippen molar-refractivity contribution in [3.8, 4) is 0 Å². The predicted octanol–water partition coefficient (Wildman–Crippen LogP) is 3.14. The number of aryl methyl sites for hydroxylation is 1. The number of anilines is 1. The molecule has 3 aromatic heterocycles. The largest absolute Gasteiger partial charge is 0.360 e. The van der Waals surface area contributed by atoms with E-state index in [0.29, 0.717) is 18.0 Å². The summed E-state index contributed by atoms with van der Waals surface area (Å²) in [6, 6.07) is 7.58. The zero-order chi connectivity index (χ0) is 15.5. The van der Waals surface area contributed by atoms with Gasteiger partial charge in [-0.2, -0.15) is 0 Å². The van der Waals surface area contributed by atoms with Crippen LogP contribution >= 0.6 is 11.8 Å². The molecule has 0 spiro atoms. The molecule has 0 saturated heterocycles. The Kier molecular flexibility index (Phi) is 4.15. The smallest absolute Gasteiger partial charge is 0.239 e. The van der Waals surface area contributed by atoms with Crippen molar-refractivity contribution >= 4 is 29.0 Å². The van der Waals surface area contributed by atoms with Gasteiger partial charge in [0, 0.05) is 12.3 Å². The van der Waals surface area contributed by atoms with Gasteiger partial charge in [-0.05, 0) is 25.5 Å². The number of rotatable bonds is 5. The Bertz CT molecular complexity index is 796. The highest BCUT2D eigenvalue weighted by molar-refractivity contribution is 8.00. The molecule has 0 aliphatic rings. The van der Waals surface area contributed by atoms with Crippen LogP contribution in [0.1, 0.15) is 19.1 Å². The molecule has 7 heteroatoms. The first-order chi connectivity index (χ1) is 10.7. The Labute approximate surface area is 131 Å². The molecule has 3 heterocycles. The van der Waals surface area contributed by atoms with E-state index >= 15 is 0 Å². The van der Waals surface area contributed by atoms with E-state index in [1.165, 1.54) is 11.8 Å². The Morgan fingerprint density at radius 3 is 3.09 bits per heavy atom. The van der Waals surface area contributed by atoms with Crippen LogP contribution in [-0.4, -0.2) is 25.7 Å². The average Bonchev–Trinajstić information content (AvgIpc) is 3.11. The van der Waals surface area contributed by atoms with Gasteiger partial charge in [-0.15, -0.1) is 0 Å². The van der Waals surface area contributed by atoms with Crippen LogP contribution in [0, 0.1) is 6.92 Å². The number of hydrogen-bond acceptors (Lipinski definition) is 5. The van der Waals surface area contributed by atoms with Crippen LogP contribution in [0.5, 0.6) is 0 Å². The molecule has 0 aromatic carbocycles. The van der Waals surface area contributed by atoms with Gasteiger partial charge in [-0.1, -0.05) is 29.9 Å². The van der Waals surface area contributed by atoms with E-state index in [9.17, 15) is 4.79 Å². The summed E-state index contributed by atoms with van der Waals surface area (Å²) in [5.74, 6) is 0.998. The molecular weight excluding hydrogens is 300 g/mol. The Morgan fingerprint density at radius 1 is 1.50 bits per heavy atom. The maximum absolute atomic E-state index is 12.4. The summed E-state index contributed by atoms with van der Waals surface area (Å²) in [6.45, 7) is 3.76. The van der Waals surface area contributed by atoms with Crippen LogP contribution in [0.3, 0.4) is 0 Å². The first kappa shape index (κ1) is 14.6. The molecule has 114 valence electrons. The third kappa shape index (κ3) is 2.99. The summed E-state index contributed by atoms with van der Waals surface area (Å²) in [4.78, 5) is 16.8. The minimum atomic E-state index is -0.247. The molecule has 1 N–H and O–H groups in total. The average molecular weight is 316 g/mol. The van der Waals surface area contributed by atoms with Crippen LogP contribution in [-0.2, 0) is 4.79 Å². The number of nitrogens with one attached hydrogen (secondary N) is 1. The van der Waals surface area contributed by atoms with Crippen molar-refractivity contribution in [1.29, 1.82) is 0 Å². The van der Waals surface area contributed by atoms with Crippen molar-refractivity contribution in [3.63, 3.8) is 0 Å². The highest BCUT2D eigenvalue weighted by Gasteiger charge is 2.21. The number of nitrogens with zero attached hydrogens (tertiary/aromatic N) is 3. The number of hydrogen-bond donors (Lipinski definition) is 1. The fraction of sp³-hybridized carbons (Fsp3) is 0.267. The van der Waals surface area contributed by atoms with Gasteiger partial charge < -0.3 is 9.84 Å². The predicted molar refractivity (Wildman–Crippen MR) is 85.0 cm³/mol. The van der Waals surface area contributed by atoms with E-state index in [1.54, 1.807) is 19.2 Å². The molecule has 1 atom stereocenters. The molecule has 0 aliphatic carbocycles. The maximum Gasteiger partial charge on any atom is 0.239 e. The number of imidazole rings is 1. The summed E-state index contributed by atoms with van der Waals surface area (Å²) in [6.07, 6.45) is 4.43. The molecule has 0 fully saturated rings. The normalized spacial score (nSPS) is 12.5. The van der Waals surface area contributed by atoms with E-state index in [2.05, 4.69) is 15.5 Å². The van der Waals surface area contributed by atoms with Crippen molar-refractivity contribution < 1.29 is 9.32 Å². The molecule has 3 rings (SSSR count). The van der Waals surface area contributed by atoms with Crippen molar-refractivity contribution in [2.24, 2.45) is 0 Å². The summed E-state index contributed by atoms with van der Waals surface area (Å²) < 4.78 is 6.93. The van der Waals surface area contributed by atoms with Gasteiger partial charge in [0.15, 0.2) is 11.0 Å². The molecule has 22 heavy (non-hydrogen) atoms. The van der Waals surface area contributed by atoms with Crippen molar-refractivity contribution in [3.05, 3.63) is 42.4 Å². The SMILES string of the molecule is CC[C@@H](Sc1ncc2ccccn12)C(=O)Nc1cc(C)on1. The van der Waals surface area contributed by atoms with Gasteiger partial charge >= 0.3 is 0 Å². The Morgan fingerprint density at radius 2 is 2.36 bits per heavy atom.